The third-order valence-corrected chi connectivity index (χ3v) is 6.12. The summed E-state index contributed by atoms with van der Waals surface area (Å²) < 4.78 is 5.59. The molecule has 2 heterocycles. The molecule has 0 bridgehead atoms. The monoisotopic (exact) mass is 473 g/mol. The molecule has 2 aliphatic heterocycles. The number of nitrogens with zero attached hydrogens (tertiary/aromatic N) is 3. The van der Waals surface area contributed by atoms with Crippen LogP contribution in [0.15, 0.2) is 78.9 Å². The van der Waals surface area contributed by atoms with Gasteiger partial charge in [-0.1, -0.05) is 37.3 Å². The van der Waals surface area contributed by atoms with Crippen LogP contribution in [0.5, 0.6) is 5.75 Å². The molecule has 3 atom stereocenters. The van der Waals surface area contributed by atoms with Crippen LogP contribution >= 0.6 is 0 Å². The van der Waals surface area contributed by atoms with Crippen LogP contribution in [0.2, 0.25) is 0 Å². The van der Waals surface area contributed by atoms with Gasteiger partial charge in [0.15, 0.2) is 6.10 Å². The van der Waals surface area contributed by atoms with Gasteiger partial charge in [-0.25, -0.2) is 9.96 Å². The number of carbonyl (C=O) groups excluding carboxylic acids is 2. The highest BCUT2D eigenvalue weighted by Crippen LogP contribution is 2.48. The molecule has 0 aromatic heterocycles. The van der Waals surface area contributed by atoms with Crippen molar-refractivity contribution < 1.29 is 24.1 Å². The molecule has 0 aliphatic carbocycles. The molecule has 0 spiro atoms. The lowest BCUT2D eigenvalue weighted by atomic mass is 9.90. The van der Waals surface area contributed by atoms with Crippen LogP contribution in [0, 0.1) is 16.0 Å². The van der Waals surface area contributed by atoms with Crippen molar-refractivity contribution in [3.63, 3.8) is 0 Å². The van der Waals surface area contributed by atoms with E-state index in [9.17, 15) is 19.7 Å². The summed E-state index contributed by atoms with van der Waals surface area (Å²) in [5.74, 6) is -1.12. The van der Waals surface area contributed by atoms with Crippen molar-refractivity contribution in [2.75, 3.05) is 16.6 Å². The molecular formula is C26H23N3O6. The zero-order valence-corrected chi connectivity index (χ0v) is 18.9. The second-order valence-corrected chi connectivity index (χ2v) is 8.36. The van der Waals surface area contributed by atoms with Crippen LogP contribution in [0.1, 0.15) is 24.9 Å². The molecular weight excluding hydrogens is 450 g/mol. The molecule has 0 N–H and O–H groups in total. The van der Waals surface area contributed by atoms with Crippen LogP contribution in [0.4, 0.5) is 17.1 Å². The van der Waals surface area contributed by atoms with Crippen LogP contribution in [-0.4, -0.2) is 29.4 Å². The van der Waals surface area contributed by atoms with Crippen LogP contribution in [0.3, 0.4) is 0 Å². The summed E-state index contributed by atoms with van der Waals surface area (Å²) in [4.78, 5) is 45.2. The number of hydrogen-bond donors (Lipinski definition) is 0. The van der Waals surface area contributed by atoms with Crippen molar-refractivity contribution in [1.82, 2.24) is 0 Å². The summed E-state index contributed by atoms with van der Waals surface area (Å²) >= 11 is 0. The fraction of sp³-hybridized carbons (Fsp3) is 0.231. The van der Waals surface area contributed by atoms with Crippen molar-refractivity contribution >= 4 is 28.9 Å². The third-order valence-electron chi connectivity index (χ3n) is 6.12. The Hall–Kier alpha value is -4.24. The molecule has 9 nitrogen and oxygen atoms in total. The maximum Gasteiger partial charge on any atom is 0.269 e. The average Bonchev–Trinajstić information content (AvgIpc) is 3.39. The van der Waals surface area contributed by atoms with Crippen molar-refractivity contribution in [2.24, 2.45) is 5.92 Å². The first kappa shape index (κ1) is 22.5. The van der Waals surface area contributed by atoms with E-state index in [1.54, 1.807) is 48.5 Å². The van der Waals surface area contributed by atoms with Gasteiger partial charge in [0.2, 0.25) is 5.91 Å². The van der Waals surface area contributed by atoms with Gasteiger partial charge < -0.3 is 4.74 Å². The first-order valence-corrected chi connectivity index (χ1v) is 11.4. The molecule has 9 heteroatoms. The van der Waals surface area contributed by atoms with E-state index in [1.165, 1.54) is 17.2 Å². The number of rotatable bonds is 7. The van der Waals surface area contributed by atoms with E-state index < -0.39 is 34.8 Å². The van der Waals surface area contributed by atoms with Gasteiger partial charge in [0.05, 0.1) is 28.9 Å². The lowest BCUT2D eigenvalue weighted by molar-refractivity contribution is -0.384. The molecule has 35 heavy (non-hydrogen) atoms. The molecule has 5 rings (SSSR count). The third kappa shape index (κ3) is 4.00. The standard InChI is InChI=1S/C26H23N3O6/c1-2-15-34-21-13-11-18(12-14-21)27-25(30)22-23(17-7-6-10-20(16-17)29(32)33)28(35-24(22)26(27)31)19-8-4-3-5-9-19/h3-14,16,22-24H,2,15H2,1H3/t22-,23+,24+/m0/s1. The highest BCUT2D eigenvalue weighted by Gasteiger charge is 2.60. The fourth-order valence-electron chi connectivity index (χ4n) is 4.54. The number of hydroxylamine groups is 1. The average molecular weight is 473 g/mol. The van der Waals surface area contributed by atoms with E-state index in [0.717, 1.165) is 11.3 Å². The predicted molar refractivity (Wildman–Crippen MR) is 128 cm³/mol. The van der Waals surface area contributed by atoms with Crippen molar-refractivity contribution in [3.05, 3.63) is 94.5 Å². The number of nitro groups is 1. The molecule has 0 radical (unpaired) electrons. The number of amides is 2. The van der Waals surface area contributed by atoms with E-state index in [1.807, 2.05) is 25.1 Å². The van der Waals surface area contributed by atoms with E-state index >= 15 is 0 Å². The number of imide groups is 1. The van der Waals surface area contributed by atoms with Gasteiger partial charge in [-0.15, -0.1) is 0 Å². The number of para-hydroxylation sites is 1. The Labute approximate surface area is 201 Å². The quantitative estimate of drug-likeness (QED) is 0.284. The molecule has 2 amide bonds. The number of ether oxygens (including phenoxy) is 1. The molecule has 178 valence electrons. The van der Waals surface area contributed by atoms with Gasteiger partial charge in [-0.2, -0.15) is 0 Å². The summed E-state index contributed by atoms with van der Waals surface area (Å²) in [7, 11) is 0. The first-order chi connectivity index (χ1) is 17.0. The molecule has 0 saturated carbocycles. The second kappa shape index (κ2) is 9.19. The minimum Gasteiger partial charge on any atom is -0.494 e. The van der Waals surface area contributed by atoms with Gasteiger partial charge in [-0.05, 0) is 48.4 Å². The molecule has 2 fully saturated rings. The SMILES string of the molecule is CCCOc1ccc(N2C(=O)[C@H]3[C@@H](c4cccc([N+](=O)[O-])c4)N(c4ccccc4)O[C@H]3C2=O)cc1. The number of anilines is 2. The number of fused-ring (bicyclic) bond motifs is 1. The second-order valence-electron chi connectivity index (χ2n) is 8.36. The molecule has 2 saturated heterocycles. The maximum absolute atomic E-state index is 13.7. The number of hydrogen-bond acceptors (Lipinski definition) is 7. The van der Waals surface area contributed by atoms with Crippen LogP contribution in [0.25, 0.3) is 0 Å². The predicted octanol–water partition coefficient (Wildman–Crippen LogP) is 4.43. The van der Waals surface area contributed by atoms with Crippen molar-refractivity contribution in [2.45, 2.75) is 25.5 Å². The lowest BCUT2D eigenvalue weighted by Gasteiger charge is -2.28. The van der Waals surface area contributed by atoms with Gasteiger partial charge >= 0.3 is 0 Å². The maximum atomic E-state index is 13.7. The van der Waals surface area contributed by atoms with Gasteiger partial charge in [0, 0.05) is 12.1 Å². The summed E-state index contributed by atoms with van der Waals surface area (Å²) in [6.07, 6.45) is -0.189. The van der Waals surface area contributed by atoms with Crippen molar-refractivity contribution in [1.29, 1.82) is 0 Å². The van der Waals surface area contributed by atoms with Crippen LogP contribution in [-0.2, 0) is 14.4 Å². The lowest BCUT2D eigenvalue weighted by Crippen LogP contribution is -2.37. The van der Waals surface area contributed by atoms with Gasteiger partial charge in [-0.3, -0.25) is 24.5 Å². The molecule has 3 aromatic carbocycles. The fourth-order valence-corrected chi connectivity index (χ4v) is 4.54. The summed E-state index contributed by atoms with van der Waals surface area (Å²) in [6, 6.07) is 21.2. The number of carbonyl (C=O) groups is 2. The molecule has 0 unspecified atom stereocenters. The Morgan fingerprint density at radius 1 is 0.943 bits per heavy atom. The highest BCUT2D eigenvalue weighted by molar-refractivity contribution is 6.23. The highest BCUT2D eigenvalue weighted by atomic mass is 16.7. The number of benzene rings is 3. The Morgan fingerprint density at radius 2 is 1.69 bits per heavy atom. The first-order valence-electron chi connectivity index (χ1n) is 11.4. The van der Waals surface area contributed by atoms with E-state index in [0.29, 0.717) is 29.3 Å². The number of nitro benzene ring substituents is 1. The minimum absolute atomic E-state index is 0.102. The normalized spacial score (nSPS) is 21.3. The number of non-ortho nitro benzene ring substituents is 1. The summed E-state index contributed by atoms with van der Waals surface area (Å²) in [6.45, 7) is 2.57. The molecule has 2 aliphatic rings. The Balaban J connectivity index is 1.52. The summed E-state index contributed by atoms with van der Waals surface area (Å²) in [5, 5.41) is 12.9. The zero-order valence-electron chi connectivity index (χ0n) is 18.9. The van der Waals surface area contributed by atoms with Gasteiger partial charge in [0.1, 0.15) is 11.7 Å². The Morgan fingerprint density at radius 3 is 2.37 bits per heavy atom. The topological polar surface area (TPSA) is 102 Å². The zero-order chi connectivity index (χ0) is 24.5. The minimum atomic E-state index is -1.05. The largest absolute Gasteiger partial charge is 0.494 e. The van der Waals surface area contributed by atoms with Crippen molar-refractivity contribution in [3.8, 4) is 5.75 Å². The van der Waals surface area contributed by atoms with E-state index in [4.69, 9.17) is 9.57 Å². The Kier molecular flexibility index (Phi) is 5.92. The Bertz CT molecular complexity index is 1260. The van der Waals surface area contributed by atoms with E-state index in [2.05, 4.69) is 0 Å². The van der Waals surface area contributed by atoms with E-state index in [-0.39, 0.29) is 5.69 Å². The van der Waals surface area contributed by atoms with Crippen LogP contribution < -0.4 is 14.7 Å². The van der Waals surface area contributed by atoms with Gasteiger partial charge in [0.25, 0.3) is 11.6 Å². The summed E-state index contributed by atoms with van der Waals surface area (Å²) in [5.41, 5.74) is 1.48. The smallest absolute Gasteiger partial charge is 0.269 e. The molecule has 3 aromatic rings.